The summed E-state index contributed by atoms with van der Waals surface area (Å²) >= 11 is 0. The number of carbonyl (C=O) groups is 1. The van der Waals surface area contributed by atoms with Gasteiger partial charge in [0.2, 0.25) is 0 Å². The van der Waals surface area contributed by atoms with Crippen molar-refractivity contribution < 1.29 is 14.3 Å². The average Bonchev–Trinajstić information content (AvgIpc) is 2.62. The Morgan fingerprint density at radius 3 is 2.74 bits per heavy atom. The summed E-state index contributed by atoms with van der Waals surface area (Å²) < 4.78 is 11.1. The molecular formula is C15H21NO3. The summed E-state index contributed by atoms with van der Waals surface area (Å²) in [5.74, 6) is 0.708. The van der Waals surface area contributed by atoms with Crippen molar-refractivity contribution in [1.82, 2.24) is 4.90 Å². The maximum absolute atomic E-state index is 12.3. The number of hydrogen-bond donors (Lipinski definition) is 0. The first-order valence-corrected chi connectivity index (χ1v) is 6.54. The van der Waals surface area contributed by atoms with E-state index in [1.807, 2.05) is 52.0 Å². The number of nitrogens with zero attached hydrogens (tertiary/aromatic N) is 1. The summed E-state index contributed by atoms with van der Waals surface area (Å²) in [4.78, 5) is 14.0. The van der Waals surface area contributed by atoms with Crippen molar-refractivity contribution in [3.63, 3.8) is 0 Å². The van der Waals surface area contributed by atoms with Crippen molar-refractivity contribution in [3.05, 3.63) is 29.8 Å². The zero-order valence-corrected chi connectivity index (χ0v) is 12.0. The van der Waals surface area contributed by atoms with Gasteiger partial charge in [-0.25, -0.2) is 0 Å². The molecule has 4 nitrogen and oxygen atoms in total. The van der Waals surface area contributed by atoms with Crippen LogP contribution in [-0.2, 0) is 9.53 Å². The molecule has 1 amide bonds. The highest BCUT2D eigenvalue weighted by atomic mass is 16.5. The minimum absolute atomic E-state index is 0.0433. The maximum Gasteiger partial charge on any atom is 0.263 e. The van der Waals surface area contributed by atoms with Gasteiger partial charge >= 0.3 is 0 Å². The lowest BCUT2D eigenvalue weighted by molar-refractivity contribution is -0.141. The third kappa shape index (κ3) is 2.89. The largest absolute Gasteiger partial charge is 0.483 e. The van der Waals surface area contributed by atoms with Crippen LogP contribution < -0.4 is 4.74 Å². The second kappa shape index (κ2) is 5.21. The Balaban J connectivity index is 2.00. The third-order valence-electron chi connectivity index (χ3n) is 3.41. The molecule has 1 atom stereocenters. The van der Waals surface area contributed by atoms with E-state index in [9.17, 15) is 4.79 Å². The lowest BCUT2D eigenvalue weighted by Crippen LogP contribution is -2.49. The molecule has 0 N–H and O–H groups in total. The van der Waals surface area contributed by atoms with Crippen LogP contribution in [0.4, 0.5) is 0 Å². The van der Waals surface area contributed by atoms with Crippen LogP contribution in [0.5, 0.6) is 5.75 Å². The molecule has 1 heterocycles. The fourth-order valence-electron chi connectivity index (χ4n) is 2.43. The number of para-hydroxylation sites is 1. The molecule has 0 saturated carbocycles. The highest BCUT2D eigenvalue weighted by molar-refractivity contribution is 5.79. The summed E-state index contributed by atoms with van der Waals surface area (Å²) in [6, 6.07) is 7.69. The molecule has 0 bridgehead atoms. The zero-order chi connectivity index (χ0) is 14.0. The zero-order valence-electron chi connectivity index (χ0n) is 12.0. The van der Waals surface area contributed by atoms with Crippen molar-refractivity contribution >= 4 is 5.91 Å². The first-order valence-electron chi connectivity index (χ1n) is 6.54. The predicted molar refractivity (Wildman–Crippen MR) is 73.0 cm³/mol. The van der Waals surface area contributed by atoms with E-state index < -0.39 is 0 Å². The number of benzene rings is 1. The van der Waals surface area contributed by atoms with Crippen LogP contribution in [0.2, 0.25) is 0 Å². The Labute approximate surface area is 114 Å². The fraction of sp³-hybridized carbons (Fsp3) is 0.533. The monoisotopic (exact) mass is 263 g/mol. The van der Waals surface area contributed by atoms with Gasteiger partial charge in [-0.1, -0.05) is 18.2 Å². The van der Waals surface area contributed by atoms with E-state index in [1.54, 1.807) is 4.90 Å². The van der Waals surface area contributed by atoms with Gasteiger partial charge in [-0.05, 0) is 39.3 Å². The Morgan fingerprint density at radius 2 is 2.16 bits per heavy atom. The van der Waals surface area contributed by atoms with Crippen molar-refractivity contribution in [2.75, 3.05) is 13.2 Å². The molecule has 0 aromatic heterocycles. The number of hydrogen-bond acceptors (Lipinski definition) is 3. The first-order chi connectivity index (χ1) is 8.92. The van der Waals surface area contributed by atoms with E-state index in [-0.39, 0.29) is 24.3 Å². The van der Waals surface area contributed by atoms with Crippen molar-refractivity contribution in [2.24, 2.45) is 0 Å². The molecule has 0 spiro atoms. The maximum atomic E-state index is 12.3. The average molecular weight is 263 g/mol. The van der Waals surface area contributed by atoms with Crippen LogP contribution in [0.15, 0.2) is 24.3 Å². The summed E-state index contributed by atoms with van der Waals surface area (Å²) in [6.45, 7) is 8.46. The Bertz CT molecular complexity index is 470. The molecule has 2 rings (SSSR count). The van der Waals surface area contributed by atoms with Crippen molar-refractivity contribution in [1.29, 1.82) is 0 Å². The molecule has 1 saturated heterocycles. The van der Waals surface area contributed by atoms with Crippen LogP contribution in [0.3, 0.4) is 0 Å². The van der Waals surface area contributed by atoms with Gasteiger partial charge in [0.25, 0.3) is 5.91 Å². The van der Waals surface area contributed by atoms with E-state index in [4.69, 9.17) is 9.47 Å². The van der Waals surface area contributed by atoms with Crippen molar-refractivity contribution in [3.8, 4) is 5.75 Å². The van der Waals surface area contributed by atoms with Gasteiger partial charge in [0.15, 0.2) is 6.61 Å². The van der Waals surface area contributed by atoms with Gasteiger partial charge in [0.1, 0.15) is 12.0 Å². The van der Waals surface area contributed by atoms with Crippen LogP contribution >= 0.6 is 0 Å². The highest BCUT2D eigenvalue weighted by Gasteiger charge is 2.41. The van der Waals surface area contributed by atoms with E-state index >= 15 is 0 Å². The van der Waals surface area contributed by atoms with E-state index in [1.165, 1.54) is 0 Å². The minimum atomic E-state index is -0.272. The van der Waals surface area contributed by atoms with Crippen LogP contribution in [0, 0.1) is 6.92 Å². The van der Waals surface area contributed by atoms with Gasteiger partial charge in [-0.15, -0.1) is 0 Å². The molecule has 1 unspecified atom stereocenters. The number of aryl methyl sites for hydroxylation is 1. The molecule has 0 radical (unpaired) electrons. The normalized spacial score (nSPS) is 21.5. The quantitative estimate of drug-likeness (QED) is 0.840. The van der Waals surface area contributed by atoms with Crippen LogP contribution in [0.1, 0.15) is 26.3 Å². The smallest absolute Gasteiger partial charge is 0.263 e. The van der Waals surface area contributed by atoms with Gasteiger partial charge < -0.3 is 14.4 Å². The molecule has 19 heavy (non-hydrogen) atoms. The van der Waals surface area contributed by atoms with Gasteiger partial charge in [-0.3, -0.25) is 4.79 Å². The standard InChI is InChI=1S/C15H21NO3/c1-11-7-5-6-8-13(11)18-9-14(17)16-12(2)19-10-15(16,3)4/h5-8,12H,9-10H2,1-4H3. The van der Waals surface area contributed by atoms with Crippen molar-refractivity contribution in [2.45, 2.75) is 39.5 Å². The SMILES string of the molecule is Cc1ccccc1OCC(=O)N1C(C)OCC1(C)C. The molecule has 0 aliphatic carbocycles. The molecule has 1 aliphatic heterocycles. The lowest BCUT2D eigenvalue weighted by atomic mass is 10.1. The van der Waals surface area contributed by atoms with Gasteiger partial charge in [-0.2, -0.15) is 0 Å². The summed E-state index contributed by atoms with van der Waals surface area (Å²) in [5, 5.41) is 0. The topological polar surface area (TPSA) is 38.8 Å². The third-order valence-corrected chi connectivity index (χ3v) is 3.41. The molecule has 104 valence electrons. The fourth-order valence-corrected chi connectivity index (χ4v) is 2.43. The molecule has 1 aromatic rings. The molecule has 4 heteroatoms. The van der Waals surface area contributed by atoms with Gasteiger partial charge in [0, 0.05) is 0 Å². The number of rotatable bonds is 3. The summed E-state index contributed by atoms with van der Waals surface area (Å²) in [6.07, 6.45) is -0.192. The second-order valence-electron chi connectivity index (χ2n) is 5.54. The van der Waals surface area contributed by atoms with Crippen LogP contribution in [0.25, 0.3) is 0 Å². The minimum Gasteiger partial charge on any atom is -0.483 e. The molecule has 1 fully saturated rings. The lowest BCUT2D eigenvalue weighted by Gasteiger charge is -2.32. The number of ether oxygens (including phenoxy) is 2. The molecule has 1 aromatic carbocycles. The Hall–Kier alpha value is -1.55. The Kier molecular flexibility index (Phi) is 3.80. The molecule has 1 aliphatic rings. The Morgan fingerprint density at radius 1 is 1.47 bits per heavy atom. The van der Waals surface area contributed by atoms with E-state index in [2.05, 4.69) is 0 Å². The molecular weight excluding hydrogens is 242 g/mol. The summed E-state index contributed by atoms with van der Waals surface area (Å²) in [7, 11) is 0. The van der Waals surface area contributed by atoms with Crippen LogP contribution in [-0.4, -0.2) is 35.8 Å². The van der Waals surface area contributed by atoms with E-state index in [0.717, 1.165) is 11.3 Å². The van der Waals surface area contributed by atoms with E-state index in [0.29, 0.717) is 6.61 Å². The number of amides is 1. The highest BCUT2D eigenvalue weighted by Crippen LogP contribution is 2.27. The number of carbonyl (C=O) groups excluding carboxylic acids is 1. The predicted octanol–water partition coefficient (Wildman–Crippen LogP) is 2.36. The first kappa shape index (κ1) is 13.9. The summed E-state index contributed by atoms with van der Waals surface area (Å²) in [5.41, 5.74) is 0.756. The van der Waals surface area contributed by atoms with Gasteiger partial charge in [0.05, 0.1) is 12.1 Å². The second-order valence-corrected chi connectivity index (χ2v) is 5.54.